The second-order valence-electron chi connectivity index (χ2n) is 4.44. The third-order valence-corrected chi connectivity index (χ3v) is 2.96. The summed E-state index contributed by atoms with van der Waals surface area (Å²) >= 11 is 0. The molecule has 1 saturated carbocycles. The van der Waals surface area contributed by atoms with Gasteiger partial charge in [0.05, 0.1) is 11.0 Å². The Morgan fingerprint density at radius 1 is 1.63 bits per heavy atom. The second-order valence-corrected chi connectivity index (χ2v) is 4.44. The zero-order valence-electron chi connectivity index (χ0n) is 9.94. The fraction of sp³-hybridized carbons (Fsp3) is 0.455. The van der Waals surface area contributed by atoms with E-state index in [0.717, 1.165) is 25.1 Å². The van der Waals surface area contributed by atoms with Gasteiger partial charge in [0.2, 0.25) is 0 Å². The predicted molar refractivity (Wildman–Crippen MR) is 65.1 cm³/mol. The van der Waals surface area contributed by atoms with Gasteiger partial charge in [-0.25, -0.2) is 9.78 Å². The van der Waals surface area contributed by atoms with Gasteiger partial charge in [0, 0.05) is 12.6 Å². The van der Waals surface area contributed by atoms with Crippen molar-refractivity contribution in [1.82, 2.24) is 4.98 Å². The lowest BCUT2D eigenvalue weighted by Crippen LogP contribution is -2.23. The molecule has 1 aliphatic carbocycles. The van der Waals surface area contributed by atoms with Gasteiger partial charge in [-0.2, -0.15) is 0 Å². The van der Waals surface area contributed by atoms with Crippen molar-refractivity contribution >= 4 is 17.5 Å². The van der Waals surface area contributed by atoms with Crippen LogP contribution in [0, 0.1) is 16.0 Å². The molecule has 102 valence electrons. The van der Waals surface area contributed by atoms with E-state index in [-0.39, 0.29) is 29.5 Å². The number of nitrogens with zero attached hydrogens (tertiary/aromatic N) is 2. The number of aliphatic hydroxyl groups excluding tert-OH is 1. The molecular formula is C11H13N3O5. The van der Waals surface area contributed by atoms with E-state index in [0.29, 0.717) is 0 Å². The number of hydrogen-bond donors (Lipinski definition) is 3. The van der Waals surface area contributed by atoms with E-state index in [1.807, 2.05) is 0 Å². The maximum absolute atomic E-state index is 11.0. The number of rotatable bonds is 6. The van der Waals surface area contributed by atoms with Crippen LogP contribution in [0.3, 0.4) is 0 Å². The van der Waals surface area contributed by atoms with Gasteiger partial charge in [0.15, 0.2) is 0 Å². The smallest absolute Gasteiger partial charge is 0.339 e. The molecule has 8 heteroatoms. The van der Waals surface area contributed by atoms with E-state index < -0.39 is 17.0 Å². The molecule has 19 heavy (non-hydrogen) atoms. The van der Waals surface area contributed by atoms with Gasteiger partial charge in [0.25, 0.3) is 5.69 Å². The lowest BCUT2D eigenvalue weighted by atomic mass is 10.2. The third-order valence-electron chi connectivity index (χ3n) is 2.96. The molecular weight excluding hydrogens is 254 g/mol. The van der Waals surface area contributed by atoms with Crippen LogP contribution in [0.15, 0.2) is 12.3 Å². The number of carboxylic acids is 1. The topological polar surface area (TPSA) is 126 Å². The summed E-state index contributed by atoms with van der Waals surface area (Å²) in [6, 6.07) is 0.946. The third kappa shape index (κ3) is 3.16. The number of nitro groups is 1. The number of anilines is 1. The minimum Gasteiger partial charge on any atom is -0.478 e. The second kappa shape index (κ2) is 5.19. The summed E-state index contributed by atoms with van der Waals surface area (Å²) in [6.45, 7) is 0.176. The van der Waals surface area contributed by atoms with Crippen LogP contribution in [0.2, 0.25) is 0 Å². The monoisotopic (exact) mass is 267 g/mol. The maximum atomic E-state index is 11.0. The molecule has 2 rings (SSSR count). The number of aromatic carboxylic acids is 1. The average molecular weight is 267 g/mol. The first-order valence-electron chi connectivity index (χ1n) is 5.78. The Morgan fingerprint density at radius 3 is 2.84 bits per heavy atom. The Balaban J connectivity index is 2.13. The van der Waals surface area contributed by atoms with Crippen molar-refractivity contribution in [1.29, 1.82) is 0 Å². The van der Waals surface area contributed by atoms with E-state index in [1.165, 1.54) is 0 Å². The molecule has 1 aliphatic rings. The summed E-state index contributed by atoms with van der Waals surface area (Å²) in [5, 5.41) is 32.0. The Kier molecular flexibility index (Phi) is 3.61. The summed E-state index contributed by atoms with van der Waals surface area (Å²) < 4.78 is 0. The van der Waals surface area contributed by atoms with Gasteiger partial charge in [-0.1, -0.05) is 0 Å². The molecule has 0 radical (unpaired) electrons. The molecule has 0 aliphatic heterocycles. The Bertz CT molecular complexity index is 515. The highest BCUT2D eigenvalue weighted by atomic mass is 16.6. The Morgan fingerprint density at radius 2 is 2.32 bits per heavy atom. The van der Waals surface area contributed by atoms with Crippen molar-refractivity contribution in [2.75, 3.05) is 11.9 Å². The minimum absolute atomic E-state index is 0.0257. The molecule has 0 aromatic carbocycles. The molecule has 0 bridgehead atoms. The highest BCUT2D eigenvalue weighted by molar-refractivity contribution is 5.93. The van der Waals surface area contributed by atoms with Crippen LogP contribution in [0.5, 0.6) is 0 Å². The van der Waals surface area contributed by atoms with Gasteiger partial charge >= 0.3 is 5.97 Å². The molecule has 3 N–H and O–H groups in total. The number of carboxylic acid groups (broad SMARTS) is 1. The standard InChI is InChI=1S/C11H13N3O5/c15-9(6-1-2-6)5-13-10-8(11(16)17)3-7(4-12-10)14(18)19/h3-4,6,9,15H,1-2,5H2,(H,12,13)(H,16,17). The molecule has 8 nitrogen and oxygen atoms in total. The number of carbonyl (C=O) groups is 1. The van der Waals surface area contributed by atoms with Gasteiger partial charge in [-0.05, 0) is 18.8 Å². The lowest BCUT2D eigenvalue weighted by Gasteiger charge is -2.12. The molecule has 1 heterocycles. The van der Waals surface area contributed by atoms with Gasteiger partial charge in [-0.15, -0.1) is 0 Å². The first-order valence-corrected chi connectivity index (χ1v) is 5.78. The first kappa shape index (κ1) is 13.2. The summed E-state index contributed by atoms with van der Waals surface area (Å²) in [6.07, 6.45) is 2.35. The van der Waals surface area contributed by atoms with Crippen LogP contribution in [0.1, 0.15) is 23.2 Å². The Labute approximate surface area is 108 Å². The summed E-state index contributed by atoms with van der Waals surface area (Å²) in [7, 11) is 0. The van der Waals surface area contributed by atoms with E-state index in [1.54, 1.807) is 0 Å². The number of aromatic nitrogens is 1. The quantitative estimate of drug-likeness (QED) is 0.515. The molecule has 1 atom stereocenters. The van der Waals surface area contributed by atoms with Crippen LogP contribution in [-0.2, 0) is 0 Å². The van der Waals surface area contributed by atoms with Gasteiger partial charge in [-0.3, -0.25) is 10.1 Å². The molecule has 1 aromatic rings. The fourth-order valence-corrected chi connectivity index (χ4v) is 1.71. The SMILES string of the molecule is O=C(O)c1cc([N+](=O)[O-])cnc1NCC(O)C1CC1. The predicted octanol–water partition coefficient (Wildman–Crippen LogP) is 0.871. The fourth-order valence-electron chi connectivity index (χ4n) is 1.71. The van der Waals surface area contributed by atoms with Gasteiger partial charge in [0.1, 0.15) is 17.6 Å². The van der Waals surface area contributed by atoms with Crippen LogP contribution < -0.4 is 5.32 Å². The number of aliphatic hydroxyl groups is 1. The molecule has 1 unspecified atom stereocenters. The molecule has 0 amide bonds. The first-order chi connectivity index (χ1) is 8.99. The summed E-state index contributed by atoms with van der Waals surface area (Å²) in [4.78, 5) is 24.6. The van der Waals surface area contributed by atoms with Crippen LogP contribution in [0.4, 0.5) is 11.5 Å². The van der Waals surface area contributed by atoms with E-state index in [2.05, 4.69) is 10.3 Å². The largest absolute Gasteiger partial charge is 0.478 e. The zero-order valence-corrected chi connectivity index (χ0v) is 9.94. The van der Waals surface area contributed by atoms with E-state index >= 15 is 0 Å². The molecule has 1 aromatic heterocycles. The average Bonchev–Trinajstić information content (AvgIpc) is 3.19. The molecule has 0 spiro atoms. The number of nitrogens with one attached hydrogen (secondary N) is 1. The Hall–Kier alpha value is -2.22. The number of pyridine rings is 1. The minimum atomic E-state index is -1.31. The van der Waals surface area contributed by atoms with Crippen molar-refractivity contribution in [3.63, 3.8) is 0 Å². The van der Waals surface area contributed by atoms with Crippen molar-refractivity contribution < 1.29 is 19.9 Å². The van der Waals surface area contributed by atoms with Gasteiger partial charge < -0.3 is 15.5 Å². The lowest BCUT2D eigenvalue weighted by molar-refractivity contribution is -0.385. The molecule has 0 saturated heterocycles. The van der Waals surface area contributed by atoms with Crippen molar-refractivity contribution in [2.24, 2.45) is 5.92 Å². The van der Waals surface area contributed by atoms with Crippen molar-refractivity contribution in [2.45, 2.75) is 18.9 Å². The normalized spacial score (nSPS) is 15.8. The molecule has 1 fully saturated rings. The zero-order chi connectivity index (χ0) is 14.0. The maximum Gasteiger partial charge on any atom is 0.339 e. The van der Waals surface area contributed by atoms with Crippen LogP contribution in [0.25, 0.3) is 0 Å². The summed E-state index contributed by atoms with van der Waals surface area (Å²) in [5.74, 6) is -1.03. The summed E-state index contributed by atoms with van der Waals surface area (Å²) in [5.41, 5.74) is -0.664. The highest BCUT2D eigenvalue weighted by Crippen LogP contribution is 2.32. The van der Waals surface area contributed by atoms with Crippen molar-refractivity contribution in [3.05, 3.63) is 27.9 Å². The van der Waals surface area contributed by atoms with Crippen LogP contribution >= 0.6 is 0 Å². The van der Waals surface area contributed by atoms with E-state index in [4.69, 9.17) is 5.11 Å². The van der Waals surface area contributed by atoms with E-state index in [9.17, 15) is 20.0 Å². The number of hydrogen-bond acceptors (Lipinski definition) is 6. The van der Waals surface area contributed by atoms with Crippen molar-refractivity contribution in [3.8, 4) is 0 Å². The highest BCUT2D eigenvalue weighted by Gasteiger charge is 2.29. The van der Waals surface area contributed by atoms with Crippen LogP contribution in [-0.4, -0.2) is 38.7 Å².